The van der Waals surface area contributed by atoms with Gasteiger partial charge in [-0.15, -0.1) is 0 Å². The van der Waals surface area contributed by atoms with E-state index in [1.165, 1.54) is 12.1 Å². The molecule has 0 aromatic heterocycles. The average molecular weight is 355 g/mol. The van der Waals surface area contributed by atoms with Crippen molar-refractivity contribution in [1.29, 1.82) is 0 Å². The molecule has 3 aromatic rings. The second-order valence-corrected chi connectivity index (χ2v) is 6.39. The standard InChI is InChI=1S/C24H18FNO/c25-20-11-13-21(14-12-20)26-16-15-22(18-7-3-1-4-8-18)23(17-26)24(27)19-9-5-2-6-10-19/h1-17,22H. The molecule has 0 aliphatic carbocycles. The highest BCUT2D eigenvalue weighted by Crippen LogP contribution is 2.33. The average Bonchev–Trinajstić information content (AvgIpc) is 2.74. The second-order valence-electron chi connectivity index (χ2n) is 6.39. The van der Waals surface area contributed by atoms with Gasteiger partial charge in [-0.1, -0.05) is 66.7 Å². The topological polar surface area (TPSA) is 20.3 Å². The molecule has 1 aliphatic heterocycles. The Bertz CT molecular complexity index is 992. The van der Waals surface area contributed by atoms with Crippen LogP contribution in [0.3, 0.4) is 0 Å². The van der Waals surface area contributed by atoms with Crippen LogP contribution in [0, 0.1) is 5.82 Å². The van der Waals surface area contributed by atoms with Gasteiger partial charge in [-0.25, -0.2) is 4.39 Å². The van der Waals surface area contributed by atoms with Gasteiger partial charge in [-0.3, -0.25) is 4.79 Å². The van der Waals surface area contributed by atoms with Crippen LogP contribution in [-0.2, 0) is 0 Å². The second kappa shape index (κ2) is 7.42. The van der Waals surface area contributed by atoms with E-state index in [0.29, 0.717) is 11.1 Å². The smallest absolute Gasteiger partial charge is 0.191 e. The molecule has 132 valence electrons. The number of carbonyl (C=O) groups excluding carboxylic acids is 1. The number of rotatable bonds is 4. The minimum Gasteiger partial charge on any atom is -0.324 e. The molecular formula is C24H18FNO. The lowest BCUT2D eigenvalue weighted by atomic mass is 9.85. The molecule has 3 heteroatoms. The molecule has 4 rings (SSSR count). The number of nitrogens with zero attached hydrogens (tertiary/aromatic N) is 1. The quantitative estimate of drug-likeness (QED) is 0.559. The molecule has 1 aliphatic rings. The van der Waals surface area contributed by atoms with Gasteiger partial charge >= 0.3 is 0 Å². The van der Waals surface area contributed by atoms with Crippen LogP contribution in [0.1, 0.15) is 21.8 Å². The Kier molecular flexibility index (Phi) is 4.67. The SMILES string of the molecule is O=C(C1=CN(c2ccc(F)cc2)C=CC1c1ccccc1)c1ccccc1. The Morgan fingerprint density at radius 2 is 1.44 bits per heavy atom. The summed E-state index contributed by atoms with van der Waals surface area (Å²) in [5.41, 5.74) is 3.19. The van der Waals surface area contributed by atoms with E-state index in [-0.39, 0.29) is 17.5 Å². The molecule has 1 atom stereocenters. The number of allylic oxidation sites excluding steroid dienone is 2. The summed E-state index contributed by atoms with van der Waals surface area (Å²) < 4.78 is 13.3. The third kappa shape index (κ3) is 3.58. The number of hydrogen-bond acceptors (Lipinski definition) is 2. The van der Waals surface area contributed by atoms with Crippen LogP contribution in [0.5, 0.6) is 0 Å². The molecule has 2 nitrogen and oxygen atoms in total. The molecule has 27 heavy (non-hydrogen) atoms. The molecule has 0 spiro atoms. The summed E-state index contributed by atoms with van der Waals surface area (Å²) in [7, 11) is 0. The van der Waals surface area contributed by atoms with E-state index in [1.54, 1.807) is 12.1 Å². The van der Waals surface area contributed by atoms with Gasteiger partial charge in [0.1, 0.15) is 5.82 Å². The van der Waals surface area contributed by atoms with Crippen LogP contribution < -0.4 is 4.90 Å². The summed E-state index contributed by atoms with van der Waals surface area (Å²) in [6, 6.07) is 25.4. The molecule has 0 radical (unpaired) electrons. The fraction of sp³-hybridized carbons (Fsp3) is 0.0417. The molecule has 0 saturated heterocycles. The Morgan fingerprint density at radius 3 is 2.11 bits per heavy atom. The highest BCUT2D eigenvalue weighted by atomic mass is 19.1. The Labute approximate surface area is 157 Å². The highest BCUT2D eigenvalue weighted by Gasteiger charge is 2.25. The zero-order valence-electron chi connectivity index (χ0n) is 14.6. The normalized spacial score (nSPS) is 16.1. The molecular weight excluding hydrogens is 337 g/mol. The summed E-state index contributed by atoms with van der Waals surface area (Å²) >= 11 is 0. The van der Waals surface area contributed by atoms with Gasteiger partial charge in [0, 0.05) is 35.1 Å². The van der Waals surface area contributed by atoms with Crippen molar-refractivity contribution in [3.8, 4) is 0 Å². The molecule has 0 N–H and O–H groups in total. The Morgan fingerprint density at radius 1 is 0.815 bits per heavy atom. The monoisotopic (exact) mass is 355 g/mol. The number of benzene rings is 3. The van der Waals surface area contributed by atoms with Crippen molar-refractivity contribution < 1.29 is 9.18 Å². The summed E-state index contributed by atoms with van der Waals surface area (Å²) in [6.07, 6.45) is 5.78. The lowest BCUT2D eigenvalue weighted by Gasteiger charge is -2.27. The summed E-state index contributed by atoms with van der Waals surface area (Å²) in [6.45, 7) is 0. The molecule has 1 heterocycles. The molecule has 0 amide bonds. The first-order chi connectivity index (χ1) is 13.2. The predicted octanol–water partition coefficient (Wildman–Crippen LogP) is 5.71. The number of carbonyl (C=O) groups is 1. The fourth-order valence-corrected chi connectivity index (χ4v) is 3.24. The number of Topliss-reactive ketones (excluding diaryl/α,β-unsaturated/α-hetero) is 1. The van der Waals surface area contributed by atoms with Crippen LogP contribution in [0.4, 0.5) is 10.1 Å². The maximum Gasteiger partial charge on any atom is 0.191 e. The van der Waals surface area contributed by atoms with Gasteiger partial charge in [-0.2, -0.15) is 0 Å². The zero-order valence-corrected chi connectivity index (χ0v) is 14.6. The van der Waals surface area contributed by atoms with Crippen LogP contribution in [-0.4, -0.2) is 5.78 Å². The van der Waals surface area contributed by atoms with Crippen LogP contribution in [0.25, 0.3) is 0 Å². The maximum absolute atomic E-state index is 13.3. The number of halogens is 1. The van der Waals surface area contributed by atoms with Crippen molar-refractivity contribution in [2.75, 3.05) is 4.90 Å². The molecule has 3 aromatic carbocycles. The van der Waals surface area contributed by atoms with Gasteiger partial charge in [-0.05, 0) is 29.8 Å². The lowest BCUT2D eigenvalue weighted by Crippen LogP contribution is -2.21. The predicted molar refractivity (Wildman–Crippen MR) is 106 cm³/mol. The van der Waals surface area contributed by atoms with Gasteiger partial charge < -0.3 is 4.90 Å². The van der Waals surface area contributed by atoms with E-state index in [0.717, 1.165) is 11.3 Å². The van der Waals surface area contributed by atoms with E-state index < -0.39 is 0 Å². The van der Waals surface area contributed by atoms with Gasteiger partial charge in [0.05, 0.1) is 0 Å². The summed E-state index contributed by atoms with van der Waals surface area (Å²) in [5.74, 6) is -0.428. The number of hydrogen-bond donors (Lipinski definition) is 0. The highest BCUT2D eigenvalue weighted by molar-refractivity contribution is 6.10. The van der Waals surface area contributed by atoms with Crippen molar-refractivity contribution in [3.05, 3.63) is 126 Å². The summed E-state index contributed by atoms with van der Waals surface area (Å²) in [4.78, 5) is 15.1. The summed E-state index contributed by atoms with van der Waals surface area (Å²) in [5, 5.41) is 0. The van der Waals surface area contributed by atoms with Gasteiger partial charge in [0.2, 0.25) is 0 Å². The van der Waals surface area contributed by atoms with Crippen molar-refractivity contribution in [3.63, 3.8) is 0 Å². The molecule has 1 unspecified atom stereocenters. The van der Waals surface area contributed by atoms with Crippen LogP contribution >= 0.6 is 0 Å². The Hall–Kier alpha value is -3.46. The van der Waals surface area contributed by atoms with E-state index >= 15 is 0 Å². The van der Waals surface area contributed by atoms with Crippen LogP contribution in [0.2, 0.25) is 0 Å². The molecule has 0 bridgehead atoms. The van der Waals surface area contributed by atoms with Crippen molar-refractivity contribution >= 4 is 11.5 Å². The first-order valence-corrected chi connectivity index (χ1v) is 8.81. The largest absolute Gasteiger partial charge is 0.324 e. The van der Waals surface area contributed by atoms with E-state index in [2.05, 4.69) is 0 Å². The van der Waals surface area contributed by atoms with Gasteiger partial charge in [0.15, 0.2) is 5.78 Å². The molecule has 0 fully saturated rings. The van der Waals surface area contributed by atoms with Crippen molar-refractivity contribution in [1.82, 2.24) is 0 Å². The van der Waals surface area contributed by atoms with Gasteiger partial charge in [0.25, 0.3) is 0 Å². The first kappa shape index (κ1) is 17.0. The minimum absolute atomic E-state index is 0.0130. The third-order valence-corrected chi connectivity index (χ3v) is 4.63. The maximum atomic E-state index is 13.3. The number of ketones is 1. The van der Waals surface area contributed by atoms with Crippen molar-refractivity contribution in [2.45, 2.75) is 5.92 Å². The van der Waals surface area contributed by atoms with E-state index in [4.69, 9.17) is 0 Å². The van der Waals surface area contributed by atoms with Crippen molar-refractivity contribution in [2.24, 2.45) is 0 Å². The third-order valence-electron chi connectivity index (χ3n) is 4.63. The fourth-order valence-electron chi connectivity index (χ4n) is 3.24. The van der Waals surface area contributed by atoms with E-state index in [1.807, 2.05) is 84.0 Å². The first-order valence-electron chi connectivity index (χ1n) is 8.81. The zero-order chi connectivity index (χ0) is 18.6. The molecule has 0 saturated carbocycles. The van der Waals surface area contributed by atoms with Crippen LogP contribution in [0.15, 0.2) is 109 Å². The van der Waals surface area contributed by atoms with E-state index in [9.17, 15) is 9.18 Å². The number of anilines is 1. The minimum atomic E-state index is -0.286. The lowest BCUT2D eigenvalue weighted by molar-refractivity contribution is 0.102. The Balaban J connectivity index is 1.76.